The number of imide groups is 1. The van der Waals surface area contributed by atoms with Crippen molar-refractivity contribution in [3.8, 4) is 11.8 Å². The number of nitriles is 1. The number of rotatable bonds is 12. The molecule has 15 heteroatoms. The molecule has 3 rings (SSSR count). The number of carbonyl (C=O) groups excluding carboxylic acids is 5. The van der Waals surface area contributed by atoms with Crippen LogP contribution in [-0.4, -0.2) is 90.7 Å². The molecule has 15 nitrogen and oxygen atoms in total. The number of hydrogen-bond acceptors (Lipinski definition) is 12. The molecule has 0 bridgehead atoms. The third-order valence-electron chi connectivity index (χ3n) is 7.67. The highest BCUT2D eigenvalue weighted by Gasteiger charge is 2.43. The quantitative estimate of drug-likeness (QED) is 0.207. The Bertz CT molecular complexity index is 1680. The second kappa shape index (κ2) is 17.5. The number of morpholine rings is 1. The number of ether oxygens (including phenoxy) is 6. The lowest BCUT2D eigenvalue weighted by Crippen LogP contribution is -2.56. The molecule has 1 fully saturated rings. The van der Waals surface area contributed by atoms with Crippen LogP contribution in [0.3, 0.4) is 0 Å². The highest BCUT2D eigenvalue weighted by molar-refractivity contribution is 6.05. The zero-order valence-electron chi connectivity index (χ0n) is 32.1. The zero-order valence-corrected chi connectivity index (χ0v) is 32.1. The topological polar surface area (TPSA) is 183 Å². The summed E-state index contributed by atoms with van der Waals surface area (Å²) in [5.74, 6) is -1.96. The zero-order chi connectivity index (χ0) is 39.7. The van der Waals surface area contributed by atoms with Gasteiger partial charge in [0, 0.05) is 32.7 Å². The van der Waals surface area contributed by atoms with E-state index in [4.69, 9.17) is 28.4 Å². The van der Waals surface area contributed by atoms with Gasteiger partial charge in [-0.3, -0.25) is 14.4 Å². The van der Waals surface area contributed by atoms with Crippen LogP contribution >= 0.6 is 0 Å². The van der Waals surface area contributed by atoms with Gasteiger partial charge in [-0.2, -0.15) is 5.26 Å². The van der Waals surface area contributed by atoms with Crippen molar-refractivity contribution >= 4 is 41.3 Å². The molecule has 1 aliphatic rings. The Morgan fingerprint density at radius 1 is 1.00 bits per heavy atom. The molecule has 0 radical (unpaired) electrons. The molecule has 2 atom stereocenters. The number of nitrogens with one attached hydrogen (secondary N) is 1. The molecule has 2 aromatic carbocycles. The van der Waals surface area contributed by atoms with E-state index in [2.05, 4.69) is 5.32 Å². The van der Waals surface area contributed by atoms with Crippen molar-refractivity contribution in [3.05, 3.63) is 53.6 Å². The molecule has 0 aliphatic carbocycles. The Balaban J connectivity index is 1.90. The lowest BCUT2D eigenvalue weighted by Gasteiger charge is -2.35. The fourth-order valence-corrected chi connectivity index (χ4v) is 4.94. The molecule has 0 spiro atoms. The van der Waals surface area contributed by atoms with Gasteiger partial charge >= 0.3 is 18.2 Å². The lowest BCUT2D eigenvalue weighted by molar-refractivity contribution is -0.167. The van der Waals surface area contributed by atoms with Gasteiger partial charge in [0.2, 0.25) is 6.10 Å². The Kier molecular flexibility index (Phi) is 14.0. The molecule has 4 amide bonds. The number of esters is 1. The molecule has 0 saturated carbocycles. The van der Waals surface area contributed by atoms with Crippen molar-refractivity contribution < 1.29 is 52.4 Å². The number of amides is 4. The smallest absolute Gasteiger partial charge is 0.420 e. The van der Waals surface area contributed by atoms with E-state index in [1.165, 1.54) is 23.1 Å². The van der Waals surface area contributed by atoms with Crippen LogP contribution in [0.5, 0.6) is 5.75 Å². The second-order valence-corrected chi connectivity index (χ2v) is 14.9. The van der Waals surface area contributed by atoms with E-state index in [9.17, 15) is 29.2 Å². The van der Waals surface area contributed by atoms with Crippen molar-refractivity contribution in [1.82, 2.24) is 4.90 Å². The first-order valence-corrected chi connectivity index (χ1v) is 17.1. The first-order valence-electron chi connectivity index (χ1n) is 17.1. The van der Waals surface area contributed by atoms with Crippen LogP contribution in [0.25, 0.3) is 0 Å². The predicted octanol–water partition coefficient (Wildman–Crippen LogP) is 5.73. The van der Waals surface area contributed by atoms with Crippen molar-refractivity contribution in [3.63, 3.8) is 0 Å². The molecular formula is C38H50N4O11. The van der Waals surface area contributed by atoms with Crippen LogP contribution in [0.15, 0.2) is 42.5 Å². The summed E-state index contributed by atoms with van der Waals surface area (Å²) >= 11 is 0. The molecule has 1 aliphatic heterocycles. The van der Waals surface area contributed by atoms with Gasteiger partial charge in [-0.05, 0) is 91.3 Å². The predicted molar refractivity (Wildman–Crippen MR) is 193 cm³/mol. The van der Waals surface area contributed by atoms with E-state index in [-0.39, 0.29) is 30.0 Å². The minimum absolute atomic E-state index is 0.0126. The minimum atomic E-state index is -1.72. The number of nitrogens with zero attached hydrogens (tertiary/aromatic N) is 3. The van der Waals surface area contributed by atoms with Gasteiger partial charge in [-0.25, -0.2) is 14.5 Å². The van der Waals surface area contributed by atoms with Gasteiger partial charge in [0.15, 0.2) is 6.10 Å². The Hall–Kier alpha value is -5.20. The number of para-hydroxylation sites is 2. The summed E-state index contributed by atoms with van der Waals surface area (Å²) in [4.78, 5) is 68.4. The molecule has 0 unspecified atom stereocenters. The number of methoxy groups -OCH3 is 1. The maximum Gasteiger partial charge on any atom is 0.420 e. The summed E-state index contributed by atoms with van der Waals surface area (Å²) < 4.78 is 33.5. The van der Waals surface area contributed by atoms with Gasteiger partial charge in [0.1, 0.15) is 17.0 Å². The van der Waals surface area contributed by atoms with E-state index in [0.717, 1.165) is 6.92 Å². The molecular weight excluding hydrogens is 688 g/mol. The van der Waals surface area contributed by atoms with E-state index in [1.807, 2.05) is 19.9 Å². The molecule has 1 N–H and O–H groups in total. The van der Waals surface area contributed by atoms with E-state index >= 15 is 0 Å². The largest absolute Gasteiger partial charge is 0.491 e. The van der Waals surface area contributed by atoms with E-state index in [1.54, 1.807) is 72.9 Å². The third kappa shape index (κ3) is 12.5. The number of anilines is 2. The summed E-state index contributed by atoms with van der Waals surface area (Å²) in [5, 5.41) is 12.5. The monoisotopic (exact) mass is 738 g/mol. The van der Waals surface area contributed by atoms with Crippen LogP contribution < -0.4 is 15.0 Å². The maximum atomic E-state index is 13.9. The molecule has 1 saturated heterocycles. The summed E-state index contributed by atoms with van der Waals surface area (Å²) in [6, 6.07) is 13.1. The van der Waals surface area contributed by atoms with Crippen molar-refractivity contribution in [2.24, 2.45) is 0 Å². The fourth-order valence-electron chi connectivity index (χ4n) is 4.94. The van der Waals surface area contributed by atoms with Crippen molar-refractivity contribution in [2.75, 3.05) is 37.1 Å². The van der Waals surface area contributed by atoms with Crippen molar-refractivity contribution in [2.45, 2.75) is 104 Å². The van der Waals surface area contributed by atoms with Gasteiger partial charge in [0.25, 0.3) is 11.8 Å². The van der Waals surface area contributed by atoms with Crippen LogP contribution in [0, 0.1) is 11.3 Å². The van der Waals surface area contributed by atoms with Crippen LogP contribution in [0.1, 0.15) is 79.9 Å². The number of carbonyl (C=O) groups is 5. The highest BCUT2D eigenvalue weighted by atomic mass is 16.6. The van der Waals surface area contributed by atoms with E-state index in [0.29, 0.717) is 29.4 Å². The molecule has 0 aromatic heterocycles. The Labute approximate surface area is 310 Å². The average molecular weight is 739 g/mol. The van der Waals surface area contributed by atoms with Crippen molar-refractivity contribution in [1.29, 1.82) is 5.26 Å². The lowest BCUT2D eigenvalue weighted by atomic mass is 10.1. The Morgan fingerprint density at radius 2 is 1.62 bits per heavy atom. The Morgan fingerprint density at radius 3 is 2.19 bits per heavy atom. The minimum Gasteiger partial charge on any atom is -0.491 e. The normalized spacial score (nSPS) is 15.5. The number of benzene rings is 2. The van der Waals surface area contributed by atoms with Gasteiger partial charge in [0.05, 0.1) is 42.7 Å². The summed E-state index contributed by atoms with van der Waals surface area (Å²) in [5.41, 5.74) is -1.54. The van der Waals surface area contributed by atoms with Crippen LogP contribution in [0.4, 0.5) is 21.0 Å². The maximum absolute atomic E-state index is 13.9. The van der Waals surface area contributed by atoms with Crippen LogP contribution in [0.2, 0.25) is 0 Å². The highest BCUT2D eigenvalue weighted by Crippen LogP contribution is 2.32. The standard InChI is InChI=1S/C38H50N4O11/c1-24(43)51-30(31-33(45)41(18-20-50-31)28-13-11-12-14-29(28)49-19-17-38(8,9)48-10)32(44)40-27-16-15-25(22-39)26(21-27)23-42(34(46)52-36(2,3)4)35(47)53-37(5,6)7/h11-16,21,30-31H,17-20,23H2,1-10H3,(H,40,44)/t30-,31-/m1/s1. The molecule has 1 heterocycles. The average Bonchev–Trinajstić information content (AvgIpc) is 3.05. The van der Waals surface area contributed by atoms with Gasteiger partial charge in [-0.1, -0.05) is 12.1 Å². The first-order chi connectivity index (χ1) is 24.6. The molecule has 288 valence electrons. The van der Waals surface area contributed by atoms with Crippen LogP contribution in [-0.2, 0) is 44.6 Å². The summed E-state index contributed by atoms with van der Waals surface area (Å²) in [6.45, 7) is 14.7. The second-order valence-electron chi connectivity index (χ2n) is 14.9. The van der Waals surface area contributed by atoms with Gasteiger partial charge in [-0.15, -0.1) is 0 Å². The first kappa shape index (κ1) is 42.2. The third-order valence-corrected chi connectivity index (χ3v) is 7.67. The molecule has 2 aromatic rings. The SMILES string of the molecule is COC(C)(C)CCOc1ccccc1N1CCO[C@H]([C@@H](OC(C)=O)C(=O)Nc2ccc(C#N)c(CN(C(=O)OC(C)(C)C)C(=O)OC(C)(C)C)c2)C1=O. The summed E-state index contributed by atoms with van der Waals surface area (Å²) in [6.07, 6.45) is -4.70. The van der Waals surface area contributed by atoms with E-state index < -0.39 is 65.5 Å². The molecule has 53 heavy (non-hydrogen) atoms. The fraction of sp³-hybridized carbons (Fsp3) is 0.526. The number of hydrogen-bond donors (Lipinski definition) is 1. The van der Waals surface area contributed by atoms with Gasteiger partial charge < -0.3 is 38.6 Å². The summed E-state index contributed by atoms with van der Waals surface area (Å²) in [7, 11) is 1.61.